The van der Waals surface area contributed by atoms with Crippen molar-refractivity contribution < 1.29 is 18.0 Å². The molecule has 2 heterocycles. The number of hydrogen-bond acceptors (Lipinski definition) is 3. The summed E-state index contributed by atoms with van der Waals surface area (Å²) in [5.74, 6) is -0.788. The van der Waals surface area contributed by atoms with E-state index in [1.54, 1.807) is 0 Å². The molecule has 2 N–H and O–H groups in total. The summed E-state index contributed by atoms with van der Waals surface area (Å²) in [7, 11) is 0. The number of rotatable bonds is 4. The minimum atomic E-state index is -4.53. The van der Waals surface area contributed by atoms with Gasteiger partial charge in [0.1, 0.15) is 11.5 Å². The number of hydrogen-bond donors (Lipinski definition) is 1. The van der Waals surface area contributed by atoms with E-state index in [4.69, 9.17) is 17.3 Å². The van der Waals surface area contributed by atoms with Crippen LogP contribution in [-0.2, 0) is 11.0 Å². The van der Waals surface area contributed by atoms with Crippen molar-refractivity contribution in [3.05, 3.63) is 57.9 Å². The molecule has 1 aromatic carbocycles. The van der Waals surface area contributed by atoms with Crippen LogP contribution >= 0.6 is 11.6 Å². The Balaban J connectivity index is 0.00000167. The Bertz CT molecular complexity index is 1100. The smallest absolute Gasteiger partial charge is 0.383 e. The van der Waals surface area contributed by atoms with Gasteiger partial charge in [-0.05, 0) is 69.4 Å². The fourth-order valence-corrected chi connectivity index (χ4v) is 4.60. The van der Waals surface area contributed by atoms with E-state index in [9.17, 15) is 18.0 Å². The highest BCUT2D eigenvalue weighted by molar-refractivity contribution is 6.30. The molecule has 2 atom stereocenters. The van der Waals surface area contributed by atoms with Crippen molar-refractivity contribution in [1.29, 1.82) is 0 Å². The molecule has 0 bridgehead atoms. The average Bonchev–Trinajstić information content (AvgIpc) is 3.66. The predicted molar refractivity (Wildman–Crippen MR) is 134 cm³/mol. The van der Waals surface area contributed by atoms with Crippen LogP contribution in [0, 0.1) is 12.8 Å². The molecular formula is C26H32ClF3N4O. The fourth-order valence-electron chi connectivity index (χ4n) is 4.43. The fraction of sp³-hybridized carbons (Fsp3) is 0.500. The van der Waals surface area contributed by atoms with Crippen LogP contribution in [0.4, 0.5) is 18.9 Å². The lowest BCUT2D eigenvalue weighted by molar-refractivity contribution is -0.141. The SMILES string of the molecule is CC.Cc1ccc(Cl)cc1N1CCC(C(=O)N=C(N)c2ccc(C(F)(F)F)nc2C2CC2)CC1C. The zero-order valence-corrected chi connectivity index (χ0v) is 21.2. The second kappa shape index (κ2) is 11.0. The molecule has 1 aliphatic carbocycles. The van der Waals surface area contributed by atoms with Crippen LogP contribution in [0.2, 0.25) is 5.02 Å². The van der Waals surface area contributed by atoms with Crippen molar-refractivity contribution in [2.24, 2.45) is 16.6 Å². The third-order valence-electron chi connectivity index (χ3n) is 6.39. The minimum Gasteiger partial charge on any atom is -0.383 e. The first-order valence-corrected chi connectivity index (χ1v) is 12.4. The number of aryl methyl sites for hydroxylation is 1. The maximum Gasteiger partial charge on any atom is 0.433 e. The van der Waals surface area contributed by atoms with Crippen LogP contribution in [0.5, 0.6) is 0 Å². The van der Waals surface area contributed by atoms with Gasteiger partial charge < -0.3 is 10.6 Å². The van der Waals surface area contributed by atoms with Gasteiger partial charge in [-0.15, -0.1) is 0 Å². The van der Waals surface area contributed by atoms with Crippen LogP contribution in [0.1, 0.15) is 74.9 Å². The Morgan fingerprint density at radius 1 is 1.17 bits per heavy atom. The number of nitrogens with two attached hydrogens (primary N) is 1. The van der Waals surface area contributed by atoms with E-state index in [2.05, 4.69) is 21.8 Å². The standard InChI is InChI=1S/C24H26ClF3N4O.C2H6/c1-13-3-6-17(25)12-19(13)32-10-9-16(11-14(32)2)23(33)31-22(29)18-7-8-20(24(26,27)28)30-21(18)15-4-5-15;1-2/h3,6-8,12,14-16H,4-5,9-11H2,1-2H3,(H2,29,31,33);1-2H3. The minimum absolute atomic E-state index is 0.0658. The number of amidine groups is 1. The van der Waals surface area contributed by atoms with E-state index in [0.29, 0.717) is 30.0 Å². The lowest BCUT2D eigenvalue weighted by atomic mass is 9.90. The maximum atomic E-state index is 13.1. The Kier molecular flexibility index (Phi) is 8.46. The summed E-state index contributed by atoms with van der Waals surface area (Å²) in [6.45, 7) is 8.75. The lowest BCUT2D eigenvalue weighted by Gasteiger charge is -2.39. The van der Waals surface area contributed by atoms with Crippen molar-refractivity contribution in [1.82, 2.24) is 4.98 Å². The van der Waals surface area contributed by atoms with Crippen LogP contribution in [0.25, 0.3) is 0 Å². The number of benzene rings is 1. The van der Waals surface area contributed by atoms with Gasteiger partial charge in [0, 0.05) is 40.7 Å². The number of pyridine rings is 1. The second-order valence-corrected chi connectivity index (χ2v) is 9.37. The van der Waals surface area contributed by atoms with Gasteiger partial charge in [-0.2, -0.15) is 18.2 Å². The molecule has 2 aliphatic rings. The molecule has 1 aliphatic heterocycles. The van der Waals surface area contributed by atoms with Crippen molar-refractivity contribution in [3.8, 4) is 0 Å². The van der Waals surface area contributed by atoms with E-state index in [-0.39, 0.29) is 35.3 Å². The Morgan fingerprint density at radius 3 is 2.46 bits per heavy atom. The summed E-state index contributed by atoms with van der Waals surface area (Å²) >= 11 is 6.17. The Hall–Kier alpha value is -2.61. The van der Waals surface area contributed by atoms with Crippen molar-refractivity contribution >= 4 is 29.0 Å². The number of halogens is 4. The monoisotopic (exact) mass is 508 g/mol. The van der Waals surface area contributed by atoms with Gasteiger partial charge in [-0.3, -0.25) is 4.79 Å². The zero-order chi connectivity index (χ0) is 25.9. The first-order valence-electron chi connectivity index (χ1n) is 12.0. The van der Waals surface area contributed by atoms with Crippen LogP contribution < -0.4 is 10.6 Å². The van der Waals surface area contributed by atoms with E-state index in [0.717, 1.165) is 30.2 Å². The number of anilines is 1. The molecule has 1 saturated heterocycles. The van der Waals surface area contributed by atoms with Crippen LogP contribution in [-0.4, -0.2) is 29.3 Å². The molecule has 5 nitrogen and oxygen atoms in total. The highest BCUT2D eigenvalue weighted by Crippen LogP contribution is 2.42. The molecule has 0 spiro atoms. The van der Waals surface area contributed by atoms with Gasteiger partial charge in [-0.25, -0.2) is 4.98 Å². The first-order chi connectivity index (χ1) is 16.5. The summed E-state index contributed by atoms with van der Waals surface area (Å²) in [5, 5.41) is 0.662. The van der Waals surface area contributed by atoms with Gasteiger partial charge in [0.15, 0.2) is 0 Å². The number of carbonyl (C=O) groups is 1. The lowest BCUT2D eigenvalue weighted by Crippen LogP contribution is -2.43. The van der Waals surface area contributed by atoms with Gasteiger partial charge in [-0.1, -0.05) is 31.5 Å². The number of nitrogens with zero attached hydrogens (tertiary/aromatic N) is 3. The molecule has 1 saturated carbocycles. The number of aromatic nitrogens is 1. The normalized spacial score (nSPS) is 20.8. The molecule has 2 aromatic rings. The van der Waals surface area contributed by atoms with E-state index >= 15 is 0 Å². The topological polar surface area (TPSA) is 71.6 Å². The van der Waals surface area contributed by atoms with Gasteiger partial charge in [0.05, 0.1) is 5.69 Å². The number of carbonyl (C=O) groups excluding carboxylic acids is 1. The molecule has 9 heteroatoms. The summed E-state index contributed by atoms with van der Waals surface area (Å²) in [6.07, 6.45) is -1.83. The van der Waals surface area contributed by atoms with Crippen LogP contribution in [0.3, 0.4) is 0 Å². The molecule has 35 heavy (non-hydrogen) atoms. The maximum absolute atomic E-state index is 13.1. The van der Waals surface area contributed by atoms with E-state index < -0.39 is 11.9 Å². The van der Waals surface area contributed by atoms with Gasteiger partial charge in [0.25, 0.3) is 5.91 Å². The molecule has 0 radical (unpaired) electrons. The van der Waals surface area contributed by atoms with E-state index in [1.807, 2.05) is 39.0 Å². The zero-order valence-electron chi connectivity index (χ0n) is 20.5. The molecule has 1 amide bonds. The predicted octanol–water partition coefficient (Wildman–Crippen LogP) is 6.50. The molecule has 2 unspecified atom stereocenters. The summed E-state index contributed by atoms with van der Waals surface area (Å²) < 4.78 is 39.3. The summed E-state index contributed by atoms with van der Waals surface area (Å²) in [4.78, 5) is 23.0. The quantitative estimate of drug-likeness (QED) is 0.378. The second-order valence-electron chi connectivity index (χ2n) is 8.93. The van der Waals surface area contributed by atoms with E-state index in [1.165, 1.54) is 6.07 Å². The molecule has 190 valence electrons. The number of amides is 1. The first kappa shape index (κ1) is 27.0. The van der Waals surface area contributed by atoms with Crippen molar-refractivity contribution in [2.75, 3.05) is 11.4 Å². The largest absolute Gasteiger partial charge is 0.433 e. The molecule has 2 fully saturated rings. The number of piperidine rings is 1. The number of aliphatic imine (C=N–C) groups is 1. The Labute approximate surface area is 209 Å². The van der Waals surface area contributed by atoms with Crippen LogP contribution in [0.15, 0.2) is 35.3 Å². The Morgan fingerprint density at radius 2 is 1.86 bits per heavy atom. The number of alkyl halides is 3. The summed E-state index contributed by atoms with van der Waals surface area (Å²) in [5.41, 5.74) is 7.90. The van der Waals surface area contributed by atoms with Gasteiger partial charge in [0.2, 0.25) is 0 Å². The molecular weight excluding hydrogens is 477 g/mol. The van der Waals surface area contributed by atoms with Crippen molar-refractivity contribution in [2.45, 2.75) is 71.5 Å². The third-order valence-corrected chi connectivity index (χ3v) is 6.63. The van der Waals surface area contributed by atoms with Gasteiger partial charge >= 0.3 is 6.18 Å². The van der Waals surface area contributed by atoms with Crippen molar-refractivity contribution in [3.63, 3.8) is 0 Å². The molecule has 4 rings (SSSR count). The third kappa shape index (κ3) is 6.34. The highest BCUT2D eigenvalue weighted by Gasteiger charge is 2.37. The molecule has 1 aromatic heterocycles. The highest BCUT2D eigenvalue weighted by atomic mass is 35.5. The summed E-state index contributed by atoms with van der Waals surface area (Å²) in [6, 6.07) is 8.02. The average molecular weight is 509 g/mol.